The highest BCUT2D eigenvalue weighted by atomic mass is 16.3. The molecule has 0 spiro atoms. The Morgan fingerprint density at radius 2 is 1.88 bits per heavy atom. The highest BCUT2D eigenvalue weighted by Gasteiger charge is 2.32. The molecule has 3 rings (SSSR count). The van der Waals surface area contributed by atoms with Gasteiger partial charge >= 0.3 is 0 Å². The van der Waals surface area contributed by atoms with E-state index in [1.165, 1.54) is 22.6 Å². The quantitative estimate of drug-likeness (QED) is 0.764. The minimum Gasteiger partial charge on any atom is -0.463 e. The maximum atomic E-state index is 12.8. The van der Waals surface area contributed by atoms with E-state index in [2.05, 4.69) is 17.3 Å². The molecule has 0 aliphatic carbocycles. The van der Waals surface area contributed by atoms with Gasteiger partial charge < -0.3 is 9.73 Å². The van der Waals surface area contributed by atoms with Crippen molar-refractivity contribution in [2.75, 3.05) is 5.32 Å². The van der Waals surface area contributed by atoms with Crippen LogP contribution in [0.4, 0.5) is 5.69 Å². The van der Waals surface area contributed by atoms with E-state index in [9.17, 15) is 9.59 Å². The molecule has 0 fully saturated rings. The second kappa shape index (κ2) is 7.00. The Bertz CT molecular complexity index is 955. The predicted octanol–water partition coefficient (Wildman–Crippen LogP) is 3.44. The number of rotatable bonds is 5. The Hall–Kier alpha value is -3.15. The second-order valence-corrected chi connectivity index (χ2v) is 6.51. The SMILES string of the molecule is CCc1ccc(NC(=O)C(C)(C)n2nc(-c3ccco3)ccc2=O)cc1. The topological polar surface area (TPSA) is 77.1 Å². The van der Waals surface area contributed by atoms with Crippen molar-refractivity contribution in [3.8, 4) is 11.5 Å². The number of nitrogens with one attached hydrogen (secondary N) is 1. The van der Waals surface area contributed by atoms with E-state index in [0.29, 0.717) is 17.1 Å². The lowest BCUT2D eigenvalue weighted by Crippen LogP contribution is -2.47. The van der Waals surface area contributed by atoms with Crippen LogP contribution in [0.3, 0.4) is 0 Å². The summed E-state index contributed by atoms with van der Waals surface area (Å²) in [5.41, 5.74) is 0.815. The van der Waals surface area contributed by atoms with E-state index in [0.717, 1.165) is 6.42 Å². The number of aryl methyl sites for hydroxylation is 1. The number of carbonyl (C=O) groups excluding carboxylic acids is 1. The lowest BCUT2D eigenvalue weighted by atomic mass is 10.0. The first-order valence-corrected chi connectivity index (χ1v) is 8.47. The Labute approximate surface area is 151 Å². The lowest BCUT2D eigenvalue weighted by molar-refractivity contribution is -0.123. The molecule has 26 heavy (non-hydrogen) atoms. The maximum Gasteiger partial charge on any atom is 0.267 e. The number of anilines is 1. The number of nitrogens with zero attached hydrogens (tertiary/aromatic N) is 2. The van der Waals surface area contributed by atoms with E-state index in [1.807, 2.05) is 24.3 Å². The minimum atomic E-state index is -1.18. The fourth-order valence-corrected chi connectivity index (χ4v) is 2.57. The number of furan rings is 1. The van der Waals surface area contributed by atoms with Crippen molar-refractivity contribution in [2.24, 2.45) is 0 Å². The average molecular weight is 351 g/mol. The van der Waals surface area contributed by atoms with Crippen molar-refractivity contribution < 1.29 is 9.21 Å². The molecule has 0 radical (unpaired) electrons. The molecule has 0 aliphatic heterocycles. The van der Waals surface area contributed by atoms with Gasteiger partial charge in [0.15, 0.2) is 5.76 Å². The number of amides is 1. The fourth-order valence-electron chi connectivity index (χ4n) is 2.57. The van der Waals surface area contributed by atoms with Gasteiger partial charge in [0.1, 0.15) is 11.2 Å². The first kappa shape index (κ1) is 17.7. The zero-order valence-corrected chi connectivity index (χ0v) is 15.0. The summed E-state index contributed by atoms with van der Waals surface area (Å²) in [7, 11) is 0. The summed E-state index contributed by atoms with van der Waals surface area (Å²) < 4.78 is 6.51. The van der Waals surface area contributed by atoms with Gasteiger partial charge in [0.25, 0.3) is 11.5 Å². The molecule has 0 atom stereocenters. The van der Waals surface area contributed by atoms with Gasteiger partial charge in [-0.1, -0.05) is 19.1 Å². The third-order valence-electron chi connectivity index (χ3n) is 4.28. The van der Waals surface area contributed by atoms with E-state index in [-0.39, 0.29) is 11.5 Å². The smallest absolute Gasteiger partial charge is 0.267 e. The maximum absolute atomic E-state index is 12.8. The van der Waals surface area contributed by atoms with E-state index in [4.69, 9.17) is 4.42 Å². The molecular formula is C20H21N3O3. The van der Waals surface area contributed by atoms with Crippen LogP contribution in [0.2, 0.25) is 0 Å². The lowest BCUT2D eigenvalue weighted by Gasteiger charge is -2.25. The number of benzene rings is 1. The summed E-state index contributed by atoms with van der Waals surface area (Å²) in [6, 6.07) is 14.1. The molecule has 0 saturated heterocycles. The number of hydrogen-bond acceptors (Lipinski definition) is 4. The highest BCUT2D eigenvalue weighted by Crippen LogP contribution is 2.20. The largest absolute Gasteiger partial charge is 0.463 e. The summed E-state index contributed by atoms with van der Waals surface area (Å²) >= 11 is 0. The summed E-state index contributed by atoms with van der Waals surface area (Å²) in [6.07, 6.45) is 2.46. The predicted molar refractivity (Wildman–Crippen MR) is 100.0 cm³/mol. The van der Waals surface area contributed by atoms with Crippen molar-refractivity contribution in [3.63, 3.8) is 0 Å². The van der Waals surface area contributed by atoms with Crippen molar-refractivity contribution in [1.29, 1.82) is 0 Å². The number of aromatic nitrogens is 2. The van der Waals surface area contributed by atoms with Crippen LogP contribution in [0.15, 0.2) is 64.0 Å². The van der Waals surface area contributed by atoms with Crippen LogP contribution >= 0.6 is 0 Å². The van der Waals surface area contributed by atoms with Crippen molar-refractivity contribution in [3.05, 3.63) is 70.7 Å². The molecule has 6 nitrogen and oxygen atoms in total. The molecule has 134 valence electrons. The van der Waals surface area contributed by atoms with Crippen LogP contribution in [0.25, 0.3) is 11.5 Å². The van der Waals surface area contributed by atoms with Crippen molar-refractivity contribution >= 4 is 11.6 Å². The van der Waals surface area contributed by atoms with Gasteiger partial charge in [-0.15, -0.1) is 0 Å². The molecule has 6 heteroatoms. The van der Waals surface area contributed by atoms with Crippen LogP contribution in [0.5, 0.6) is 0 Å². The molecule has 2 heterocycles. The van der Waals surface area contributed by atoms with Crippen LogP contribution in [-0.2, 0) is 16.8 Å². The number of carbonyl (C=O) groups is 1. The fraction of sp³-hybridized carbons (Fsp3) is 0.250. The van der Waals surface area contributed by atoms with Gasteiger partial charge in [0.2, 0.25) is 0 Å². The molecule has 0 aliphatic rings. The van der Waals surface area contributed by atoms with E-state index < -0.39 is 5.54 Å². The molecule has 3 aromatic rings. The van der Waals surface area contributed by atoms with Gasteiger partial charge in [-0.3, -0.25) is 9.59 Å². The standard InChI is InChI=1S/C20H21N3O3/c1-4-14-7-9-15(10-8-14)21-19(25)20(2,3)23-18(24)12-11-16(22-23)17-6-5-13-26-17/h5-13H,4H2,1-3H3,(H,21,25). The van der Waals surface area contributed by atoms with Gasteiger partial charge in [-0.25, -0.2) is 4.68 Å². The van der Waals surface area contributed by atoms with Gasteiger partial charge in [-0.05, 0) is 56.2 Å². The Balaban J connectivity index is 1.89. The summed E-state index contributed by atoms with van der Waals surface area (Å²) in [4.78, 5) is 25.1. The van der Waals surface area contributed by atoms with Gasteiger partial charge in [0, 0.05) is 11.8 Å². The third kappa shape index (κ3) is 3.44. The van der Waals surface area contributed by atoms with Crippen LogP contribution in [-0.4, -0.2) is 15.7 Å². The second-order valence-electron chi connectivity index (χ2n) is 6.51. The van der Waals surface area contributed by atoms with Crippen molar-refractivity contribution in [2.45, 2.75) is 32.7 Å². The van der Waals surface area contributed by atoms with Crippen LogP contribution in [0.1, 0.15) is 26.3 Å². The average Bonchev–Trinajstić information content (AvgIpc) is 3.17. The Morgan fingerprint density at radius 1 is 1.15 bits per heavy atom. The molecule has 1 N–H and O–H groups in total. The van der Waals surface area contributed by atoms with Gasteiger partial charge in [-0.2, -0.15) is 5.10 Å². The summed E-state index contributed by atoms with van der Waals surface area (Å²) in [5, 5.41) is 7.18. The Kier molecular flexibility index (Phi) is 4.75. The summed E-state index contributed by atoms with van der Waals surface area (Å²) in [5.74, 6) is 0.207. The third-order valence-corrected chi connectivity index (χ3v) is 4.28. The molecule has 1 aromatic carbocycles. The minimum absolute atomic E-state index is 0.326. The van der Waals surface area contributed by atoms with E-state index >= 15 is 0 Å². The van der Waals surface area contributed by atoms with Crippen molar-refractivity contribution in [1.82, 2.24) is 9.78 Å². The normalized spacial score (nSPS) is 11.3. The zero-order chi connectivity index (χ0) is 18.7. The van der Waals surface area contributed by atoms with E-state index in [1.54, 1.807) is 32.0 Å². The van der Waals surface area contributed by atoms with Gasteiger partial charge in [0.05, 0.1) is 6.26 Å². The van der Waals surface area contributed by atoms with Crippen LogP contribution in [0, 0.1) is 0 Å². The molecular weight excluding hydrogens is 330 g/mol. The molecule has 0 unspecified atom stereocenters. The molecule has 0 saturated carbocycles. The number of hydrogen-bond donors (Lipinski definition) is 1. The molecule has 0 bridgehead atoms. The molecule has 2 aromatic heterocycles. The first-order chi connectivity index (χ1) is 12.4. The monoisotopic (exact) mass is 351 g/mol. The Morgan fingerprint density at radius 3 is 2.50 bits per heavy atom. The first-order valence-electron chi connectivity index (χ1n) is 8.47. The summed E-state index contributed by atoms with van der Waals surface area (Å²) in [6.45, 7) is 5.38. The molecule has 1 amide bonds. The zero-order valence-electron chi connectivity index (χ0n) is 15.0. The highest BCUT2D eigenvalue weighted by molar-refractivity contribution is 5.96. The van der Waals surface area contributed by atoms with Crippen LogP contribution < -0.4 is 10.9 Å².